The minimum Gasteiger partial charge on any atom is -0.489 e. The Hall–Kier alpha value is -1.26. The Morgan fingerprint density at radius 2 is 2.22 bits per heavy atom. The van der Waals surface area contributed by atoms with E-state index >= 15 is 0 Å². The van der Waals surface area contributed by atoms with Gasteiger partial charge in [0.15, 0.2) is 0 Å². The van der Waals surface area contributed by atoms with Gasteiger partial charge in [-0.3, -0.25) is 0 Å². The number of benzene rings is 1. The van der Waals surface area contributed by atoms with Crippen LogP contribution < -0.4 is 15.4 Å². The lowest BCUT2D eigenvalue weighted by atomic mass is 10.1. The number of morpholine rings is 1. The van der Waals surface area contributed by atoms with Crippen molar-refractivity contribution in [1.82, 2.24) is 0 Å². The topological polar surface area (TPSA) is 47.7 Å². The van der Waals surface area contributed by atoms with Crippen molar-refractivity contribution in [3.8, 4) is 5.75 Å². The molecule has 1 unspecified atom stereocenters. The summed E-state index contributed by atoms with van der Waals surface area (Å²) in [4.78, 5) is 2.29. The van der Waals surface area contributed by atoms with Crippen molar-refractivity contribution in [1.29, 1.82) is 0 Å². The van der Waals surface area contributed by atoms with Gasteiger partial charge in [0.05, 0.1) is 31.0 Å². The molecule has 0 spiro atoms. The van der Waals surface area contributed by atoms with E-state index < -0.39 is 0 Å². The van der Waals surface area contributed by atoms with Crippen molar-refractivity contribution < 1.29 is 9.47 Å². The summed E-state index contributed by atoms with van der Waals surface area (Å²) in [5, 5.41) is 0. The summed E-state index contributed by atoms with van der Waals surface area (Å²) < 4.78 is 11.4. The molecule has 1 aliphatic rings. The van der Waals surface area contributed by atoms with Crippen LogP contribution in [-0.4, -0.2) is 38.4 Å². The van der Waals surface area contributed by atoms with E-state index in [1.807, 2.05) is 32.0 Å². The number of ether oxygens (including phenoxy) is 2. The van der Waals surface area contributed by atoms with Gasteiger partial charge in [-0.1, -0.05) is 12.1 Å². The Morgan fingerprint density at radius 3 is 2.94 bits per heavy atom. The van der Waals surface area contributed by atoms with E-state index in [1.165, 1.54) is 0 Å². The van der Waals surface area contributed by atoms with Crippen molar-refractivity contribution in [3.63, 3.8) is 0 Å². The van der Waals surface area contributed by atoms with Gasteiger partial charge < -0.3 is 20.1 Å². The van der Waals surface area contributed by atoms with Crippen LogP contribution in [0.15, 0.2) is 24.3 Å². The highest BCUT2D eigenvalue weighted by Crippen LogP contribution is 2.31. The van der Waals surface area contributed by atoms with Crippen LogP contribution in [0, 0.1) is 0 Å². The van der Waals surface area contributed by atoms with Crippen LogP contribution in [0.1, 0.15) is 13.8 Å². The number of nitrogens with zero attached hydrogens (tertiary/aromatic N) is 1. The zero-order valence-electron chi connectivity index (χ0n) is 11.1. The number of rotatable bonds is 4. The molecule has 1 heterocycles. The van der Waals surface area contributed by atoms with Crippen LogP contribution in [0.25, 0.3) is 0 Å². The second-order valence-corrected chi connectivity index (χ2v) is 4.79. The summed E-state index contributed by atoms with van der Waals surface area (Å²) in [6, 6.07) is 8.37. The van der Waals surface area contributed by atoms with Crippen LogP contribution >= 0.6 is 0 Å². The molecule has 0 aromatic heterocycles. The maximum absolute atomic E-state index is 5.87. The fourth-order valence-electron chi connectivity index (χ4n) is 2.22. The minimum atomic E-state index is 0.170. The summed E-state index contributed by atoms with van der Waals surface area (Å²) in [6.45, 7) is 6.96. The number of nitrogens with two attached hydrogens (primary N) is 1. The molecule has 4 nitrogen and oxygen atoms in total. The van der Waals surface area contributed by atoms with E-state index in [9.17, 15) is 0 Å². The normalized spacial score (nSPS) is 20.2. The minimum absolute atomic E-state index is 0.170. The lowest BCUT2D eigenvalue weighted by Gasteiger charge is -2.37. The zero-order chi connectivity index (χ0) is 13.0. The Balaban J connectivity index is 2.24. The molecule has 0 aliphatic carbocycles. The molecule has 100 valence electrons. The largest absolute Gasteiger partial charge is 0.489 e. The third-order valence-electron chi connectivity index (χ3n) is 3.04. The van der Waals surface area contributed by atoms with Crippen molar-refractivity contribution in [2.75, 3.05) is 31.2 Å². The predicted octanol–water partition coefficient (Wildman–Crippen LogP) is 1.64. The predicted molar refractivity (Wildman–Crippen MR) is 73.2 cm³/mol. The molecule has 4 heteroatoms. The SMILES string of the molecule is CC(C)Oc1ccccc1N1CCOCC1CN. The maximum atomic E-state index is 5.87. The van der Waals surface area contributed by atoms with Crippen molar-refractivity contribution in [3.05, 3.63) is 24.3 Å². The lowest BCUT2D eigenvalue weighted by molar-refractivity contribution is 0.0957. The standard InChI is InChI=1S/C14H22N2O2/c1-11(2)18-14-6-4-3-5-13(14)16-7-8-17-10-12(16)9-15/h3-6,11-12H,7-10,15H2,1-2H3. The number of para-hydroxylation sites is 2. The number of hydrogen-bond acceptors (Lipinski definition) is 4. The van der Waals surface area contributed by atoms with Crippen molar-refractivity contribution in [2.45, 2.75) is 26.0 Å². The lowest BCUT2D eigenvalue weighted by Crippen LogP contribution is -2.49. The van der Waals surface area contributed by atoms with Crippen LogP contribution in [0.5, 0.6) is 5.75 Å². The fourth-order valence-corrected chi connectivity index (χ4v) is 2.22. The van der Waals surface area contributed by atoms with Crippen LogP contribution in [0.2, 0.25) is 0 Å². The van der Waals surface area contributed by atoms with E-state index in [-0.39, 0.29) is 12.1 Å². The molecule has 2 rings (SSSR count). The molecule has 0 bridgehead atoms. The molecule has 0 radical (unpaired) electrons. The molecular weight excluding hydrogens is 228 g/mol. The fraction of sp³-hybridized carbons (Fsp3) is 0.571. The van der Waals surface area contributed by atoms with Gasteiger partial charge in [-0.25, -0.2) is 0 Å². The first-order valence-corrected chi connectivity index (χ1v) is 6.52. The van der Waals surface area contributed by atoms with Gasteiger partial charge in [-0.05, 0) is 26.0 Å². The Morgan fingerprint density at radius 1 is 1.44 bits per heavy atom. The monoisotopic (exact) mass is 250 g/mol. The van der Waals surface area contributed by atoms with E-state index in [4.69, 9.17) is 15.2 Å². The van der Waals surface area contributed by atoms with Crippen LogP contribution in [-0.2, 0) is 4.74 Å². The molecular formula is C14H22N2O2. The second-order valence-electron chi connectivity index (χ2n) is 4.79. The molecule has 1 aromatic rings. The quantitative estimate of drug-likeness (QED) is 0.882. The summed E-state index contributed by atoms with van der Waals surface area (Å²) in [5.41, 5.74) is 6.94. The first kappa shape index (κ1) is 13.2. The second kappa shape index (κ2) is 6.07. The van der Waals surface area contributed by atoms with Crippen LogP contribution in [0.3, 0.4) is 0 Å². The molecule has 1 saturated heterocycles. The van der Waals surface area contributed by atoms with E-state index in [1.54, 1.807) is 0 Å². The van der Waals surface area contributed by atoms with Gasteiger partial charge in [0.2, 0.25) is 0 Å². The third-order valence-corrected chi connectivity index (χ3v) is 3.04. The summed E-state index contributed by atoms with van der Waals surface area (Å²) >= 11 is 0. The molecule has 1 fully saturated rings. The summed E-state index contributed by atoms with van der Waals surface area (Å²) in [5.74, 6) is 0.924. The maximum Gasteiger partial charge on any atom is 0.142 e. The Labute approximate surface area is 109 Å². The van der Waals surface area contributed by atoms with Crippen molar-refractivity contribution >= 4 is 5.69 Å². The van der Waals surface area contributed by atoms with Gasteiger partial charge in [0.1, 0.15) is 5.75 Å². The van der Waals surface area contributed by atoms with E-state index in [0.717, 1.165) is 24.6 Å². The number of hydrogen-bond donors (Lipinski definition) is 1. The molecule has 1 aliphatic heterocycles. The Kier molecular flexibility index (Phi) is 4.44. The van der Waals surface area contributed by atoms with E-state index in [0.29, 0.717) is 13.2 Å². The van der Waals surface area contributed by atoms with Gasteiger partial charge in [0, 0.05) is 13.1 Å². The summed E-state index contributed by atoms with van der Waals surface area (Å²) in [7, 11) is 0. The molecule has 0 saturated carbocycles. The van der Waals surface area contributed by atoms with Gasteiger partial charge in [-0.15, -0.1) is 0 Å². The first-order chi connectivity index (χ1) is 8.72. The highest BCUT2D eigenvalue weighted by atomic mass is 16.5. The van der Waals surface area contributed by atoms with Crippen LogP contribution in [0.4, 0.5) is 5.69 Å². The van der Waals surface area contributed by atoms with E-state index in [2.05, 4.69) is 11.0 Å². The molecule has 1 atom stereocenters. The smallest absolute Gasteiger partial charge is 0.142 e. The molecule has 2 N–H and O–H groups in total. The number of anilines is 1. The average Bonchev–Trinajstić information content (AvgIpc) is 2.39. The van der Waals surface area contributed by atoms with Gasteiger partial charge in [0.25, 0.3) is 0 Å². The highest BCUT2D eigenvalue weighted by Gasteiger charge is 2.24. The molecule has 0 amide bonds. The average molecular weight is 250 g/mol. The zero-order valence-corrected chi connectivity index (χ0v) is 11.1. The molecule has 1 aromatic carbocycles. The van der Waals surface area contributed by atoms with Gasteiger partial charge in [-0.2, -0.15) is 0 Å². The summed E-state index contributed by atoms with van der Waals surface area (Å²) in [6.07, 6.45) is 0.170. The van der Waals surface area contributed by atoms with Gasteiger partial charge >= 0.3 is 0 Å². The van der Waals surface area contributed by atoms with Crippen molar-refractivity contribution in [2.24, 2.45) is 5.73 Å². The molecule has 18 heavy (non-hydrogen) atoms. The third kappa shape index (κ3) is 2.94. The Bertz CT molecular complexity index is 382. The first-order valence-electron chi connectivity index (χ1n) is 6.52. The highest BCUT2D eigenvalue weighted by molar-refractivity contribution is 5.59.